The zero-order chi connectivity index (χ0) is 20.4. The van der Waals surface area contributed by atoms with Crippen molar-refractivity contribution in [3.05, 3.63) is 64.1 Å². The predicted octanol–water partition coefficient (Wildman–Crippen LogP) is 4.51. The third kappa shape index (κ3) is 3.96. The SMILES string of the molecule is CCOC(=O)[C@H]1Nc2ccc(Br)cc2[C@@H]2[C@H]1CCN2C(=O)OCc1ccccc1. The van der Waals surface area contributed by atoms with E-state index in [0.717, 1.165) is 21.3 Å². The molecule has 0 unspecified atom stereocenters. The van der Waals surface area contributed by atoms with E-state index < -0.39 is 6.04 Å². The number of rotatable bonds is 4. The van der Waals surface area contributed by atoms with E-state index in [1.165, 1.54) is 0 Å². The number of benzene rings is 2. The number of ether oxygens (including phenoxy) is 2. The molecule has 2 aromatic carbocycles. The van der Waals surface area contributed by atoms with Crippen LogP contribution in [0.25, 0.3) is 0 Å². The highest BCUT2D eigenvalue weighted by atomic mass is 79.9. The van der Waals surface area contributed by atoms with Crippen LogP contribution in [0.4, 0.5) is 10.5 Å². The molecule has 4 rings (SSSR count). The molecular formula is C22H23BrN2O4. The standard InChI is InChI=1S/C22H23BrN2O4/c1-2-28-21(26)19-16-10-11-25(22(27)29-13-14-6-4-3-5-7-14)20(16)17-12-15(23)8-9-18(17)24-19/h3-9,12,16,19-20,24H,2,10-11,13H2,1H3/t16-,19-,20-/m0/s1. The summed E-state index contributed by atoms with van der Waals surface area (Å²) in [6.07, 6.45) is 0.338. The summed E-state index contributed by atoms with van der Waals surface area (Å²) in [4.78, 5) is 27.2. The number of halogens is 1. The fourth-order valence-corrected chi connectivity index (χ4v) is 4.60. The van der Waals surface area contributed by atoms with Crippen LogP contribution in [0.3, 0.4) is 0 Å². The number of likely N-dealkylation sites (tertiary alicyclic amines) is 1. The lowest BCUT2D eigenvalue weighted by Gasteiger charge is -2.38. The van der Waals surface area contributed by atoms with Crippen LogP contribution in [0.2, 0.25) is 0 Å². The van der Waals surface area contributed by atoms with Crippen molar-refractivity contribution in [2.24, 2.45) is 5.92 Å². The normalized spacial score (nSPS) is 22.3. The molecule has 1 fully saturated rings. The molecule has 1 N–H and O–H groups in total. The van der Waals surface area contributed by atoms with Gasteiger partial charge in [-0.05, 0) is 42.7 Å². The Labute approximate surface area is 178 Å². The summed E-state index contributed by atoms with van der Waals surface area (Å²) in [5, 5.41) is 3.32. The molecule has 2 heterocycles. The lowest BCUT2D eigenvalue weighted by Crippen LogP contribution is -2.46. The van der Waals surface area contributed by atoms with E-state index in [9.17, 15) is 9.59 Å². The first kappa shape index (κ1) is 19.8. The first-order valence-electron chi connectivity index (χ1n) is 9.78. The van der Waals surface area contributed by atoms with Crippen LogP contribution in [-0.2, 0) is 20.9 Å². The van der Waals surface area contributed by atoms with Gasteiger partial charge in [0.25, 0.3) is 0 Å². The van der Waals surface area contributed by atoms with Crippen molar-refractivity contribution in [2.75, 3.05) is 18.5 Å². The maximum Gasteiger partial charge on any atom is 0.410 e. The monoisotopic (exact) mass is 458 g/mol. The largest absolute Gasteiger partial charge is 0.464 e. The number of carbonyl (C=O) groups is 2. The van der Waals surface area contributed by atoms with E-state index in [1.807, 2.05) is 48.5 Å². The second-order valence-electron chi connectivity index (χ2n) is 7.24. The lowest BCUT2D eigenvalue weighted by atomic mass is 9.83. The number of esters is 1. The van der Waals surface area contributed by atoms with Gasteiger partial charge in [0, 0.05) is 22.6 Å². The van der Waals surface area contributed by atoms with Gasteiger partial charge >= 0.3 is 12.1 Å². The Bertz CT molecular complexity index is 905. The molecule has 7 heteroatoms. The Hall–Kier alpha value is -2.54. The average Bonchev–Trinajstić information content (AvgIpc) is 3.18. The summed E-state index contributed by atoms with van der Waals surface area (Å²) in [6.45, 7) is 2.88. The van der Waals surface area contributed by atoms with Gasteiger partial charge < -0.3 is 19.7 Å². The first-order chi connectivity index (χ1) is 14.1. The second-order valence-corrected chi connectivity index (χ2v) is 8.15. The minimum absolute atomic E-state index is 0.0693. The van der Waals surface area contributed by atoms with Crippen LogP contribution < -0.4 is 5.32 Å². The Balaban J connectivity index is 1.59. The van der Waals surface area contributed by atoms with E-state index in [4.69, 9.17) is 9.47 Å². The molecule has 0 saturated carbocycles. The maximum absolute atomic E-state index is 12.9. The first-order valence-corrected chi connectivity index (χ1v) is 10.6. The van der Waals surface area contributed by atoms with Crippen molar-refractivity contribution in [2.45, 2.75) is 32.0 Å². The molecule has 0 bridgehead atoms. The van der Waals surface area contributed by atoms with Crippen molar-refractivity contribution in [3.63, 3.8) is 0 Å². The van der Waals surface area contributed by atoms with Crippen LogP contribution in [0.1, 0.15) is 30.5 Å². The molecule has 1 saturated heterocycles. The summed E-state index contributed by atoms with van der Waals surface area (Å²) in [5.41, 5.74) is 2.77. The predicted molar refractivity (Wildman–Crippen MR) is 112 cm³/mol. The Morgan fingerprint density at radius 1 is 1.17 bits per heavy atom. The van der Waals surface area contributed by atoms with Crippen LogP contribution in [-0.4, -0.2) is 36.2 Å². The highest BCUT2D eigenvalue weighted by Crippen LogP contribution is 2.47. The van der Waals surface area contributed by atoms with Gasteiger partial charge in [0.15, 0.2) is 0 Å². The van der Waals surface area contributed by atoms with Crippen LogP contribution in [0.15, 0.2) is 53.0 Å². The second kappa shape index (κ2) is 8.45. The minimum Gasteiger partial charge on any atom is -0.464 e. The molecule has 3 atom stereocenters. The van der Waals surface area contributed by atoms with E-state index in [2.05, 4.69) is 21.2 Å². The molecule has 0 aliphatic carbocycles. The Morgan fingerprint density at radius 3 is 2.72 bits per heavy atom. The zero-order valence-corrected chi connectivity index (χ0v) is 17.7. The minimum atomic E-state index is -0.486. The number of hydrogen-bond acceptors (Lipinski definition) is 5. The highest BCUT2D eigenvalue weighted by molar-refractivity contribution is 9.10. The summed E-state index contributed by atoms with van der Waals surface area (Å²) in [5.74, 6) is -0.351. The van der Waals surface area contributed by atoms with E-state index in [-0.39, 0.29) is 30.6 Å². The summed E-state index contributed by atoms with van der Waals surface area (Å²) in [7, 11) is 0. The third-order valence-corrected chi connectivity index (χ3v) is 5.99. The van der Waals surface area contributed by atoms with Crippen molar-refractivity contribution in [3.8, 4) is 0 Å². The van der Waals surface area contributed by atoms with Gasteiger partial charge in [0.05, 0.1) is 12.6 Å². The van der Waals surface area contributed by atoms with Crippen molar-refractivity contribution in [1.29, 1.82) is 0 Å². The van der Waals surface area contributed by atoms with Gasteiger partial charge in [-0.2, -0.15) is 0 Å². The molecule has 0 radical (unpaired) electrons. The van der Waals surface area contributed by atoms with Crippen molar-refractivity contribution >= 4 is 33.7 Å². The fraction of sp³-hybridized carbons (Fsp3) is 0.364. The number of nitrogens with one attached hydrogen (secondary N) is 1. The molecule has 2 aliphatic heterocycles. The van der Waals surface area contributed by atoms with Gasteiger partial charge in [0.2, 0.25) is 0 Å². The number of nitrogens with zero attached hydrogens (tertiary/aromatic N) is 1. The highest BCUT2D eigenvalue weighted by Gasteiger charge is 2.49. The topological polar surface area (TPSA) is 67.9 Å². The number of carbonyl (C=O) groups excluding carboxylic acids is 2. The van der Waals surface area contributed by atoms with E-state index in [1.54, 1.807) is 11.8 Å². The number of hydrogen-bond donors (Lipinski definition) is 1. The van der Waals surface area contributed by atoms with Gasteiger partial charge in [-0.3, -0.25) is 0 Å². The average molecular weight is 459 g/mol. The smallest absolute Gasteiger partial charge is 0.410 e. The van der Waals surface area contributed by atoms with E-state index in [0.29, 0.717) is 19.6 Å². The molecule has 1 amide bonds. The fourth-order valence-electron chi connectivity index (χ4n) is 4.22. The van der Waals surface area contributed by atoms with Crippen LogP contribution in [0, 0.1) is 5.92 Å². The third-order valence-electron chi connectivity index (χ3n) is 5.50. The number of fused-ring (bicyclic) bond motifs is 3. The lowest BCUT2D eigenvalue weighted by molar-refractivity contribution is -0.145. The summed E-state index contributed by atoms with van der Waals surface area (Å²) < 4.78 is 11.8. The molecule has 29 heavy (non-hydrogen) atoms. The van der Waals surface area contributed by atoms with Crippen molar-refractivity contribution in [1.82, 2.24) is 4.90 Å². The summed E-state index contributed by atoms with van der Waals surface area (Å²) >= 11 is 3.52. The van der Waals surface area contributed by atoms with Gasteiger partial charge in [-0.15, -0.1) is 0 Å². The quantitative estimate of drug-likeness (QED) is 0.682. The maximum atomic E-state index is 12.9. The Kier molecular flexibility index (Phi) is 5.76. The molecule has 0 spiro atoms. The van der Waals surface area contributed by atoms with Crippen molar-refractivity contribution < 1.29 is 19.1 Å². The Morgan fingerprint density at radius 2 is 1.97 bits per heavy atom. The molecule has 2 aliphatic rings. The van der Waals surface area contributed by atoms with Crippen LogP contribution >= 0.6 is 15.9 Å². The number of amides is 1. The molecule has 152 valence electrons. The summed E-state index contributed by atoms with van der Waals surface area (Å²) in [6, 6.07) is 14.7. The molecular weight excluding hydrogens is 436 g/mol. The van der Waals surface area contributed by atoms with Gasteiger partial charge in [0.1, 0.15) is 12.6 Å². The zero-order valence-electron chi connectivity index (χ0n) is 16.1. The van der Waals surface area contributed by atoms with Gasteiger partial charge in [-0.1, -0.05) is 46.3 Å². The van der Waals surface area contributed by atoms with Crippen LogP contribution in [0.5, 0.6) is 0 Å². The number of anilines is 1. The molecule has 0 aromatic heterocycles. The molecule has 2 aromatic rings. The molecule has 6 nitrogen and oxygen atoms in total. The van der Waals surface area contributed by atoms with E-state index >= 15 is 0 Å². The van der Waals surface area contributed by atoms with Gasteiger partial charge in [-0.25, -0.2) is 9.59 Å².